The molecule has 102 valence electrons. The van der Waals surface area contributed by atoms with E-state index >= 15 is 0 Å². The van der Waals surface area contributed by atoms with Gasteiger partial charge >= 0.3 is 5.97 Å². The largest absolute Gasteiger partial charge is 0.466 e. The summed E-state index contributed by atoms with van der Waals surface area (Å²) in [5.74, 6) is -0.0859. The molecule has 0 atom stereocenters. The van der Waals surface area contributed by atoms with Gasteiger partial charge in [-0.05, 0) is 18.6 Å². The number of rotatable bonds is 10. The first-order chi connectivity index (χ1) is 8.83. The van der Waals surface area contributed by atoms with Crippen molar-refractivity contribution in [2.75, 3.05) is 6.61 Å². The smallest absolute Gasteiger partial charge is 0.307 e. The van der Waals surface area contributed by atoms with E-state index in [4.69, 9.17) is 4.74 Å². The summed E-state index contributed by atoms with van der Waals surface area (Å²) in [6.07, 6.45) is 11.7. The van der Waals surface area contributed by atoms with Gasteiger partial charge in [-0.15, -0.1) is 0 Å². The normalized spacial score (nSPS) is 10.5. The maximum Gasteiger partial charge on any atom is 0.307 e. The van der Waals surface area contributed by atoms with Gasteiger partial charge in [0.1, 0.15) is 0 Å². The number of aromatic nitrogens is 1. The Balaban J connectivity index is 1.90. The number of esters is 1. The van der Waals surface area contributed by atoms with Crippen LogP contribution in [0.15, 0.2) is 24.5 Å². The van der Waals surface area contributed by atoms with Gasteiger partial charge < -0.3 is 9.30 Å². The Labute approximate surface area is 110 Å². The molecule has 1 aromatic rings. The van der Waals surface area contributed by atoms with E-state index in [2.05, 4.69) is 6.92 Å². The summed E-state index contributed by atoms with van der Waals surface area (Å²) in [5.41, 5.74) is 0. The molecule has 0 amide bonds. The predicted octanol–water partition coefficient (Wildman–Crippen LogP) is 3.78. The minimum atomic E-state index is -0.0859. The second-order valence-electron chi connectivity index (χ2n) is 4.66. The van der Waals surface area contributed by atoms with E-state index in [1.807, 2.05) is 29.1 Å². The van der Waals surface area contributed by atoms with E-state index < -0.39 is 0 Å². The number of unbranched alkanes of at least 4 members (excludes halogenated alkanes) is 5. The van der Waals surface area contributed by atoms with E-state index in [9.17, 15) is 4.79 Å². The summed E-state index contributed by atoms with van der Waals surface area (Å²) >= 11 is 0. The van der Waals surface area contributed by atoms with E-state index in [0.29, 0.717) is 19.6 Å². The lowest BCUT2D eigenvalue weighted by atomic mass is 10.1. The summed E-state index contributed by atoms with van der Waals surface area (Å²) in [7, 11) is 0. The van der Waals surface area contributed by atoms with Crippen molar-refractivity contribution < 1.29 is 9.53 Å². The summed E-state index contributed by atoms with van der Waals surface area (Å²) in [4.78, 5) is 11.4. The Morgan fingerprint density at radius 3 is 2.44 bits per heavy atom. The SMILES string of the molecule is CCCCCCCCOC(=O)CCn1cccc1. The third-order valence-electron chi connectivity index (χ3n) is 3.00. The highest BCUT2D eigenvalue weighted by atomic mass is 16.5. The molecular formula is C15H25NO2. The lowest BCUT2D eigenvalue weighted by molar-refractivity contribution is -0.144. The van der Waals surface area contributed by atoms with Crippen LogP contribution in [0, 0.1) is 0 Å². The number of ether oxygens (including phenoxy) is 1. The molecule has 3 heteroatoms. The average molecular weight is 251 g/mol. The molecule has 0 aliphatic carbocycles. The molecule has 18 heavy (non-hydrogen) atoms. The molecule has 0 aliphatic rings. The third-order valence-corrected chi connectivity index (χ3v) is 3.00. The Morgan fingerprint density at radius 1 is 1.06 bits per heavy atom. The maximum absolute atomic E-state index is 11.4. The fourth-order valence-corrected chi connectivity index (χ4v) is 1.88. The molecule has 0 unspecified atom stereocenters. The molecule has 0 spiro atoms. The zero-order chi connectivity index (χ0) is 13.1. The van der Waals surface area contributed by atoms with Gasteiger partial charge in [-0.2, -0.15) is 0 Å². The second kappa shape index (κ2) is 9.75. The fourth-order valence-electron chi connectivity index (χ4n) is 1.88. The fraction of sp³-hybridized carbons (Fsp3) is 0.667. The lowest BCUT2D eigenvalue weighted by Gasteiger charge is -2.05. The Morgan fingerprint density at radius 2 is 1.72 bits per heavy atom. The lowest BCUT2D eigenvalue weighted by Crippen LogP contribution is -2.09. The Bertz CT molecular complexity index is 306. The van der Waals surface area contributed by atoms with Crippen molar-refractivity contribution >= 4 is 5.97 Å². The van der Waals surface area contributed by atoms with Gasteiger partial charge in [0.05, 0.1) is 13.0 Å². The highest BCUT2D eigenvalue weighted by Gasteiger charge is 2.02. The van der Waals surface area contributed by atoms with Crippen LogP contribution in [0.5, 0.6) is 0 Å². The molecule has 0 aliphatic heterocycles. The van der Waals surface area contributed by atoms with Gasteiger partial charge in [-0.3, -0.25) is 4.79 Å². The molecule has 0 saturated heterocycles. The molecule has 1 heterocycles. The van der Waals surface area contributed by atoms with Crippen molar-refractivity contribution in [3.8, 4) is 0 Å². The van der Waals surface area contributed by atoms with Crippen LogP contribution >= 0.6 is 0 Å². The Hall–Kier alpha value is -1.25. The molecule has 0 radical (unpaired) electrons. The number of aryl methyl sites for hydroxylation is 1. The van der Waals surface area contributed by atoms with Crippen LogP contribution in [0.25, 0.3) is 0 Å². The first-order valence-electron chi connectivity index (χ1n) is 7.09. The second-order valence-corrected chi connectivity index (χ2v) is 4.66. The first-order valence-corrected chi connectivity index (χ1v) is 7.09. The van der Waals surface area contributed by atoms with Crippen LogP contribution in [0.2, 0.25) is 0 Å². The molecule has 3 nitrogen and oxygen atoms in total. The van der Waals surface area contributed by atoms with E-state index in [1.54, 1.807) is 0 Å². The minimum Gasteiger partial charge on any atom is -0.466 e. The molecule has 1 aromatic heterocycles. The van der Waals surface area contributed by atoms with Crippen molar-refractivity contribution in [2.24, 2.45) is 0 Å². The number of carbonyl (C=O) groups is 1. The quantitative estimate of drug-likeness (QED) is 0.468. The molecular weight excluding hydrogens is 226 g/mol. The molecule has 0 fully saturated rings. The zero-order valence-electron chi connectivity index (χ0n) is 11.4. The van der Waals surface area contributed by atoms with E-state index in [-0.39, 0.29) is 5.97 Å². The van der Waals surface area contributed by atoms with Crippen LogP contribution in [-0.4, -0.2) is 17.1 Å². The standard InChI is InChI=1S/C15H25NO2/c1-2-3-4-5-6-9-14-18-15(17)10-13-16-11-7-8-12-16/h7-8,11-12H,2-6,9-10,13-14H2,1H3. The average Bonchev–Trinajstić information content (AvgIpc) is 2.88. The van der Waals surface area contributed by atoms with Gasteiger partial charge in [0.25, 0.3) is 0 Å². The van der Waals surface area contributed by atoms with E-state index in [0.717, 1.165) is 6.42 Å². The van der Waals surface area contributed by atoms with Crippen molar-refractivity contribution in [1.29, 1.82) is 0 Å². The summed E-state index contributed by atoms with van der Waals surface area (Å²) in [6.45, 7) is 3.51. The van der Waals surface area contributed by atoms with Gasteiger partial charge in [-0.1, -0.05) is 39.0 Å². The monoisotopic (exact) mass is 251 g/mol. The molecule has 0 N–H and O–H groups in total. The molecule has 0 bridgehead atoms. The van der Waals surface area contributed by atoms with Crippen molar-refractivity contribution in [2.45, 2.75) is 58.4 Å². The van der Waals surface area contributed by atoms with Gasteiger partial charge in [0, 0.05) is 18.9 Å². The summed E-state index contributed by atoms with van der Waals surface area (Å²) in [5, 5.41) is 0. The van der Waals surface area contributed by atoms with Crippen molar-refractivity contribution in [1.82, 2.24) is 4.57 Å². The van der Waals surface area contributed by atoms with Crippen molar-refractivity contribution in [3.05, 3.63) is 24.5 Å². The first kappa shape index (κ1) is 14.8. The van der Waals surface area contributed by atoms with Crippen LogP contribution < -0.4 is 0 Å². The molecule has 0 saturated carbocycles. The highest BCUT2D eigenvalue weighted by Crippen LogP contribution is 2.05. The Kier molecular flexibility index (Phi) is 8.02. The predicted molar refractivity (Wildman–Crippen MR) is 73.4 cm³/mol. The molecule has 0 aromatic carbocycles. The van der Waals surface area contributed by atoms with Gasteiger partial charge in [-0.25, -0.2) is 0 Å². The van der Waals surface area contributed by atoms with Gasteiger partial charge in [0.15, 0.2) is 0 Å². The van der Waals surface area contributed by atoms with Crippen molar-refractivity contribution in [3.63, 3.8) is 0 Å². The number of hydrogen-bond donors (Lipinski definition) is 0. The zero-order valence-corrected chi connectivity index (χ0v) is 11.4. The van der Waals surface area contributed by atoms with Crippen LogP contribution in [0.3, 0.4) is 0 Å². The highest BCUT2D eigenvalue weighted by molar-refractivity contribution is 5.69. The van der Waals surface area contributed by atoms with Crippen LogP contribution in [0.4, 0.5) is 0 Å². The number of hydrogen-bond acceptors (Lipinski definition) is 2. The van der Waals surface area contributed by atoms with Crippen LogP contribution in [0.1, 0.15) is 51.9 Å². The number of carbonyl (C=O) groups excluding carboxylic acids is 1. The van der Waals surface area contributed by atoms with Gasteiger partial charge in [0.2, 0.25) is 0 Å². The maximum atomic E-state index is 11.4. The van der Waals surface area contributed by atoms with Crippen LogP contribution in [-0.2, 0) is 16.1 Å². The summed E-state index contributed by atoms with van der Waals surface area (Å²) in [6, 6.07) is 3.92. The third kappa shape index (κ3) is 7.15. The topological polar surface area (TPSA) is 31.2 Å². The molecule has 1 rings (SSSR count). The summed E-state index contributed by atoms with van der Waals surface area (Å²) < 4.78 is 7.19. The van der Waals surface area contributed by atoms with E-state index in [1.165, 1.54) is 32.1 Å². The number of nitrogens with zero attached hydrogens (tertiary/aromatic N) is 1. The minimum absolute atomic E-state index is 0.0859.